The molecule has 5 nitrogen and oxygen atoms in total. The van der Waals surface area contributed by atoms with Gasteiger partial charge in [-0.15, -0.1) is 0 Å². The molecule has 6 heteroatoms. The van der Waals surface area contributed by atoms with E-state index in [0.29, 0.717) is 33.0 Å². The van der Waals surface area contributed by atoms with E-state index >= 15 is 0 Å². The molecule has 0 bridgehead atoms. The fraction of sp³-hybridized carbons (Fsp3) is 0.0417. The quantitative estimate of drug-likeness (QED) is 0.257. The van der Waals surface area contributed by atoms with Gasteiger partial charge >= 0.3 is 5.97 Å². The molecule has 0 fully saturated rings. The van der Waals surface area contributed by atoms with E-state index in [4.69, 9.17) is 21.1 Å². The van der Waals surface area contributed by atoms with E-state index in [0.717, 1.165) is 0 Å². The summed E-state index contributed by atoms with van der Waals surface area (Å²) in [6.07, 6.45) is 1.51. The predicted molar refractivity (Wildman–Crippen MR) is 112 cm³/mol. The summed E-state index contributed by atoms with van der Waals surface area (Å²) in [5.74, 6) is -0.678. The standard InChI is InChI=1S/C24H15ClO5/c1-29-21-13-14(12-19-22(26)17-4-2-3-5-18(17)23(19)27)6-11-20(21)30-24(28)15-7-9-16(25)10-8-15/h2-13H,1H3. The van der Waals surface area contributed by atoms with Crippen LogP contribution in [0.1, 0.15) is 36.6 Å². The van der Waals surface area contributed by atoms with Crippen molar-refractivity contribution in [3.05, 3.63) is 99.6 Å². The number of ether oxygens (including phenoxy) is 2. The highest BCUT2D eigenvalue weighted by atomic mass is 35.5. The highest BCUT2D eigenvalue weighted by Gasteiger charge is 2.32. The average Bonchev–Trinajstić information content (AvgIpc) is 3.00. The summed E-state index contributed by atoms with van der Waals surface area (Å²) in [6.45, 7) is 0. The van der Waals surface area contributed by atoms with E-state index in [1.54, 1.807) is 66.7 Å². The maximum atomic E-state index is 12.6. The van der Waals surface area contributed by atoms with E-state index in [9.17, 15) is 14.4 Å². The predicted octanol–water partition coefficient (Wildman–Crippen LogP) is 5.03. The lowest BCUT2D eigenvalue weighted by atomic mass is 10.1. The Bertz CT molecular complexity index is 1170. The fourth-order valence-electron chi connectivity index (χ4n) is 3.17. The van der Waals surface area contributed by atoms with Gasteiger partial charge < -0.3 is 9.47 Å². The van der Waals surface area contributed by atoms with Gasteiger partial charge in [-0.1, -0.05) is 41.9 Å². The van der Waals surface area contributed by atoms with Crippen molar-refractivity contribution in [1.29, 1.82) is 0 Å². The molecule has 0 aromatic heterocycles. The Kier molecular flexibility index (Phi) is 5.21. The SMILES string of the molecule is COc1cc(C=C2C(=O)c3ccccc3C2=O)ccc1OC(=O)c1ccc(Cl)cc1. The number of Topliss-reactive ketones (excluding diaryl/α,β-unsaturated/α-hetero) is 2. The number of methoxy groups -OCH3 is 1. The highest BCUT2D eigenvalue weighted by molar-refractivity contribution is 6.41. The highest BCUT2D eigenvalue weighted by Crippen LogP contribution is 2.32. The lowest BCUT2D eigenvalue weighted by Crippen LogP contribution is -2.09. The fourth-order valence-corrected chi connectivity index (χ4v) is 3.30. The molecule has 0 amide bonds. The normalized spacial score (nSPS) is 12.5. The molecule has 0 saturated heterocycles. The molecule has 0 spiro atoms. The van der Waals surface area contributed by atoms with Crippen LogP contribution in [-0.2, 0) is 0 Å². The van der Waals surface area contributed by atoms with Gasteiger partial charge in [0, 0.05) is 16.1 Å². The van der Waals surface area contributed by atoms with Crippen LogP contribution in [0.4, 0.5) is 0 Å². The number of halogens is 1. The minimum Gasteiger partial charge on any atom is -0.493 e. The first-order valence-corrected chi connectivity index (χ1v) is 9.41. The van der Waals surface area contributed by atoms with Gasteiger partial charge in [-0.3, -0.25) is 9.59 Å². The zero-order valence-electron chi connectivity index (χ0n) is 15.8. The van der Waals surface area contributed by atoms with Crippen LogP contribution in [-0.4, -0.2) is 24.6 Å². The first kappa shape index (κ1) is 19.6. The van der Waals surface area contributed by atoms with Crippen molar-refractivity contribution in [2.45, 2.75) is 0 Å². The van der Waals surface area contributed by atoms with E-state index < -0.39 is 5.97 Å². The molecule has 3 aromatic rings. The molecule has 30 heavy (non-hydrogen) atoms. The number of esters is 1. The van der Waals surface area contributed by atoms with Crippen molar-refractivity contribution < 1.29 is 23.9 Å². The Morgan fingerprint density at radius 3 is 2.10 bits per heavy atom. The van der Waals surface area contributed by atoms with Crippen molar-refractivity contribution in [1.82, 2.24) is 0 Å². The topological polar surface area (TPSA) is 69.7 Å². The van der Waals surface area contributed by atoms with Crippen LogP contribution in [0.2, 0.25) is 5.02 Å². The molecular weight excluding hydrogens is 404 g/mol. The van der Waals surface area contributed by atoms with Crippen molar-refractivity contribution in [2.24, 2.45) is 0 Å². The third kappa shape index (κ3) is 3.63. The summed E-state index contributed by atoms with van der Waals surface area (Å²) in [4.78, 5) is 37.5. The van der Waals surface area contributed by atoms with E-state index in [2.05, 4.69) is 0 Å². The van der Waals surface area contributed by atoms with E-state index in [1.165, 1.54) is 13.2 Å². The number of rotatable bonds is 4. The second kappa shape index (κ2) is 7.97. The first-order chi connectivity index (χ1) is 14.5. The number of carbonyl (C=O) groups is 3. The minimum atomic E-state index is -0.562. The summed E-state index contributed by atoms with van der Waals surface area (Å²) in [5, 5.41) is 0.514. The monoisotopic (exact) mass is 418 g/mol. The molecule has 0 aliphatic heterocycles. The van der Waals surface area contributed by atoms with Gasteiger partial charge in [0.05, 0.1) is 18.2 Å². The maximum Gasteiger partial charge on any atom is 0.343 e. The zero-order chi connectivity index (χ0) is 21.3. The number of hydrogen-bond donors (Lipinski definition) is 0. The largest absolute Gasteiger partial charge is 0.493 e. The molecule has 0 radical (unpaired) electrons. The molecule has 0 unspecified atom stereocenters. The van der Waals surface area contributed by atoms with Crippen LogP contribution >= 0.6 is 11.6 Å². The molecule has 148 valence electrons. The third-order valence-corrected chi connectivity index (χ3v) is 4.94. The van der Waals surface area contributed by atoms with Crippen molar-refractivity contribution in [3.63, 3.8) is 0 Å². The van der Waals surface area contributed by atoms with E-state index in [-0.39, 0.29) is 22.9 Å². The summed E-state index contributed by atoms with van der Waals surface area (Å²) >= 11 is 5.84. The molecule has 0 saturated carbocycles. The smallest absolute Gasteiger partial charge is 0.343 e. The van der Waals surface area contributed by atoms with E-state index in [1.807, 2.05) is 0 Å². The van der Waals surface area contributed by atoms with Gasteiger partial charge in [0.25, 0.3) is 0 Å². The number of hydrogen-bond acceptors (Lipinski definition) is 5. The summed E-state index contributed by atoms with van der Waals surface area (Å²) in [7, 11) is 1.44. The van der Waals surface area contributed by atoms with Gasteiger partial charge in [-0.2, -0.15) is 0 Å². The molecule has 0 atom stereocenters. The lowest BCUT2D eigenvalue weighted by Gasteiger charge is -2.10. The lowest BCUT2D eigenvalue weighted by molar-refractivity contribution is 0.0729. The van der Waals surface area contributed by atoms with Crippen molar-refractivity contribution >= 4 is 35.2 Å². The summed E-state index contributed by atoms with van der Waals surface area (Å²) in [6, 6.07) is 17.8. The number of fused-ring (bicyclic) bond motifs is 1. The molecule has 4 rings (SSSR count). The van der Waals surface area contributed by atoms with Gasteiger partial charge in [-0.05, 0) is 48.0 Å². The third-order valence-electron chi connectivity index (χ3n) is 4.69. The number of allylic oxidation sites excluding steroid dienone is 1. The Hall–Kier alpha value is -3.70. The Labute approximate surface area is 177 Å². The van der Waals surface area contributed by atoms with Gasteiger partial charge in [0.1, 0.15) is 0 Å². The molecule has 3 aromatic carbocycles. The Morgan fingerprint density at radius 2 is 1.50 bits per heavy atom. The zero-order valence-corrected chi connectivity index (χ0v) is 16.6. The summed E-state index contributed by atoms with van der Waals surface area (Å²) < 4.78 is 10.7. The Morgan fingerprint density at radius 1 is 0.867 bits per heavy atom. The summed E-state index contributed by atoms with van der Waals surface area (Å²) in [5.41, 5.74) is 1.79. The second-order valence-electron chi connectivity index (χ2n) is 6.57. The molecular formula is C24H15ClO5. The van der Waals surface area contributed by atoms with Crippen LogP contribution in [0, 0.1) is 0 Å². The minimum absolute atomic E-state index is 0.0872. The maximum absolute atomic E-state index is 12.6. The van der Waals surface area contributed by atoms with Crippen LogP contribution < -0.4 is 9.47 Å². The van der Waals surface area contributed by atoms with Crippen LogP contribution in [0.15, 0.2) is 72.3 Å². The number of ketones is 2. The van der Waals surface area contributed by atoms with Crippen LogP contribution in [0.3, 0.4) is 0 Å². The van der Waals surface area contributed by atoms with Crippen LogP contribution in [0.5, 0.6) is 11.5 Å². The van der Waals surface area contributed by atoms with Gasteiger partial charge in [0.2, 0.25) is 0 Å². The molecule has 1 aliphatic carbocycles. The van der Waals surface area contributed by atoms with Gasteiger partial charge in [0.15, 0.2) is 23.1 Å². The van der Waals surface area contributed by atoms with Gasteiger partial charge in [-0.25, -0.2) is 4.79 Å². The first-order valence-electron chi connectivity index (χ1n) is 9.04. The molecule has 0 heterocycles. The Balaban J connectivity index is 1.61. The molecule has 1 aliphatic rings. The number of benzene rings is 3. The molecule has 0 N–H and O–H groups in total. The van der Waals surface area contributed by atoms with Crippen molar-refractivity contribution in [2.75, 3.05) is 7.11 Å². The van der Waals surface area contributed by atoms with Crippen molar-refractivity contribution in [3.8, 4) is 11.5 Å². The average molecular weight is 419 g/mol. The second-order valence-corrected chi connectivity index (χ2v) is 7.00. The number of carbonyl (C=O) groups excluding carboxylic acids is 3. The van der Waals surface area contributed by atoms with Crippen LogP contribution in [0.25, 0.3) is 6.08 Å².